The Morgan fingerprint density at radius 2 is 1.79 bits per heavy atom. The second kappa shape index (κ2) is 9.73. The molecule has 2 amide bonds. The second-order valence-electron chi connectivity index (χ2n) is 6.98. The van der Waals surface area contributed by atoms with Crippen LogP contribution in [0.1, 0.15) is 28.8 Å². The van der Waals surface area contributed by atoms with E-state index in [0.717, 1.165) is 15.8 Å². The van der Waals surface area contributed by atoms with Crippen LogP contribution in [0.5, 0.6) is 5.75 Å². The van der Waals surface area contributed by atoms with Crippen LogP contribution in [0.15, 0.2) is 53.0 Å². The SMILES string of the molecule is Cc1ccccc1OCCNC(=O)C1CCN(C(=O)c2ccc(Br)cc2)CC1. The molecule has 2 aromatic carbocycles. The van der Waals surface area contributed by atoms with Crippen LogP contribution in [0.3, 0.4) is 0 Å². The minimum absolute atomic E-state index is 0.0259. The van der Waals surface area contributed by atoms with Crippen LogP contribution in [0.25, 0.3) is 0 Å². The maximum absolute atomic E-state index is 12.6. The highest BCUT2D eigenvalue weighted by Gasteiger charge is 2.27. The lowest BCUT2D eigenvalue weighted by Crippen LogP contribution is -2.43. The van der Waals surface area contributed by atoms with Crippen LogP contribution in [0, 0.1) is 12.8 Å². The van der Waals surface area contributed by atoms with Gasteiger partial charge >= 0.3 is 0 Å². The van der Waals surface area contributed by atoms with Gasteiger partial charge in [-0.15, -0.1) is 0 Å². The molecular weight excluding hydrogens is 420 g/mol. The van der Waals surface area contributed by atoms with E-state index in [1.807, 2.05) is 60.4 Å². The number of halogens is 1. The molecule has 28 heavy (non-hydrogen) atoms. The third-order valence-electron chi connectivity index (χ3n) is 5.00. The number of piperidine rings is 1. The maximum Gasteiger partial charge on any atom is 0.253 e. The molecule has 1 heterocycles. The summed E-state index contributed by atoms with van der Waals surface area (Å²) >= 11 is 3.38. The first-order valence-corrected chi connectivity index (χ1v) is 10.3. The molecule has 5 nitrogen and oxygen atoms in total. The molecule has 0 aromatic heterocycles. The molecule has 148 valence electrons. The zero-order valence-electron chi connectivity index (χ0n) is 16.0. The van der Waals surface area contributed by atoms with Crippen LogP contribution in [-0.2, 0) is 4.79 Å². The summed E-state index contributed by atoms with van der Waals surface area (Å²) in [6, 6.07) is 15.2. The number of carbonyl (C=O) groups excluding carboxylic acids is 2. The van der Waals surface area contributed by atoms with Crippen molar-refractivity contribution in [1.82, 2.24) is 10.2 Å². The van der Waals surface area contributed by atoms with Crippen LogP contribution >= 0.6 is 15.9 Å². The van der Waals surface area contributed by atoms with Gasteiger partial charge in [-0.05, 0) is 55.7 Å². The fraction of sp³-hybridized carbons (Fsp3) is 0.364. The van der Waals surface area contributed by atoms with E-state index >= 15 is 0 Å². The number of nitrogens with one attached hydrogen (secondary N) is 1. The molecule has 0 bridgehead atoms. The van der Waals surface area contributed by atoms with Crippen molar-refractivity contribution >= 4 is 27.7 Å². The van der Waals surface area contributed by atoms with Crippen molar-refractivity contribution in [2.45, 2.75) is 19.8 Å². The highest BCUT2D eigenvalue weighted by molar-refractivity contribution is 9.10. The molecule has 0 saturated carbocycles. The number of nitrogens with zero attached hydrogens (tertiary/aromatic N) is 1. The predicted octanol–water partition coefficient (Wildman–Crippen LogP) is 3.80. The summed E-state index contributed by atoms with van der Waals surface area (Å²) in [4.78, 5) is 26.8. The Morgan fingerprint density at radius 1 is 1.11 bits per heavy atom. The smallest absolute Gasteiger partial charge is 0.253 e. The molecule has 1 saturated heterocycles. The van der Waals surface area contributed by atoms with Crippen molar-refractivity contribution < 1.29 is 14.3 Å². The third-order valence-corrected chi connectivity index (χ3v) is 5.53. The summed E-state index contributed by atoms with van der Waals surface area (Å²) in [5, 5.41) is 2.95. The van der Waals surface area contributed by atoms with E-state index in [-0.39, 0.29) is 17.7 Å². The minimum Gasteiger partial charge on any atom is -0.491 e. The second-order valence-corrected chi connectivity index (χ2v) is 7.89. The van der Waals surface area contributed by atoms with E-state index in [0.29, 0.717) is 44.6 Å². The predicted molar refractivity (Wildman–Crippen MR) is 112 cm³/mol. The van der Waals surface area contributed by atoms with E-state index in [1.54, 1.807) is 0 Å². The average molecular weight is 445 g/mol. The molecule has 1 aliphatic rings. The molecular formula is C22H25BrN2O3. The number of benzene rings is 2. The Kier molecular flexibility index (Phi) is 7.09. The first kappa shape index (κ1) is 20.4. The lowest BCUT2D eigenvalue weighted by Gasteiger charge is -2.31. The van der Waals surface area contributed by atoms with Crippen LogP contribution in [0.4, 0.5) is 0 Å². The number of hydrogen-bond donors (Lipinski definition) is 1. The van der Waals surface area contributed by atoms with Gasteiger partial charge in [0.25, 0.3) is 5.91 Å². The summed E-state index contributed by atoms with van der Waals surface area (Å²) in [6.45, 7) is 4.12. The highest BCUT2D eigenvalue weighted by Crippen LogP contribution is 2.20. The monoisotopic (exact) mass is 444 g/mol. The zero-order valence-corrected chi connectivity index (χ0v) is 17.6. The molecule has 6 heteroatoms. The highest BCUT2D eigenvalue weighted by atomic mass is 79.9. The molecule has 0 spiro atoms. The number of para-hydroxylation sites is 1. The molecule has 1 aliphatic heterocycles. The van der Waals surface area contributed by atoms with Crippen LogP contribution in [0.2, 0.25) is 0 Å². The first-order chi connectivity index (χ1) is 13.5. The zero-order chi connectivity index (χ0) is 19.9. The lowest BCUT2D eigenvalue weighted by atomic mass is 9.95. The van der Waals surface area contributed by atoms with Gasteiger partial charge in [0.05, 0.1) is 6.54 Å². The fourth-order valence-electron chi connectivity index (χ4n) is 3.32. The Bertz CT molecular complexity index is 815. The first-order valence-electron chi connectivity index (χ1n) is 9.55. The Labute approximate surface area is 174 Å². The Balaban J connectivity index is 1.39. The largest absolute Gasteiger partial charge is 0.491 e. The topological polar surface area (TPSA) is 58.6 Å². The number of amides is 2. The third kappa shape index (κ3) is 5.35. The van der Waals surface area contributed by atoms with E-state index in [2.05, 4.69) is 21.2 Å². The number of aryl methyl sites for hydroxylation is 1. The number of hydrogen-bond acceptors (Lipinski definition) is 3. The molecule has 1 fully saturated rings. The van der Waals surface area contributed by atoms with Crippen molar-refractivity contribution in [2.75, 3.05) is 26.2 Å². The van der Waals surface area contributed by atoms with Gasteiger partial charge in [0, 0.05) is 29.0 Å². The fourth-order valence-corrected chi connectivity index (χ4v) is 3.58. The maximum atomic E-state index is 12.6. The quantitative estimate of drug-likeness (QED) is 0.689. The summed E-state index contributed by atoms with van der Waals surface area (Å²) < 4.78 is 6.66. The minimum atomic E-state index is -0.0487. The van der Waals surface area contributed by atoms with Gasteiger partial charge in [0.2, 0.25) is 5.91 Å². The van der Waals surface area contributed by atoms with Gasteiger partial charge < -0.3 is 15.0 Å². The van der Waals surface area contributed by atoms with Gasteiger partial charge in [-0.2, -0.15) is 0 Å². The van der Waals surface area contributed by atoms with Crippen LogP contribution < -0.4 is 10.1 Å². The van der Waals surface area contributed by atoms with Gasteiger partial charge in [0.1, 0.15) is 12.4 Å². The normalized spacial score (nSPS) is 14.6. The van der Waals surface area contributed by atoms with Gasteiger partial charge in [-0.1, -0.05) is 34.1 Å². The number of likely N-dealkylation sites (tertiary alicyclic amines) is 1. The Morgan fingerprint density at radius 3 is 2.46 bits per heavy atom. The van der Waals surface area contributed by atoms with Crippen molar-refractivity contribution in [3.05, 3.63) is 64.1 Å². The summed E-state index contributed by atoms with van der Waals surface area (Å²) in [5.41, 5.74) is 1.76. The van der Waals surface area contributed by atoms with E-state index in [1.165, 1.54) is 0 Å². The van der Waals surface area contributed by atoms with Crippen molar-refractivity contribution in [3.63, 3.8) is 0 Å². The summed E-state index contributed by atoms with van der Waals surface area (Å²) in [6.07, 6.45) is 1.37. The van der Waals surface area contributed by atoms with Crippen molar-refractivity contribution in [3.8, 4) is 5.75 Å². The molecule has 0 radical (unpaired) electrons. The summed E-state index contributed by atoms with van der Waals surface area (Å²) in [7, 11) is 0. The Hall–Kier alpha value is -2.34. The van der Waals surface area contributed by atoms with E-state index < -0.39 is 0 Å². The van der Waals surface area contributed by atoms with Gasteiger partial charge in [0.15, 0.2) is 0 Å². The van der Waals surface area contributed by atoms with E-state index in [9.17, 15) is 9.59 Å². The van der Waals surface area contributed by atoms with Crippen LogP contribution in [-0.4, -0.2) is 43.0 Å². The van der Waals surface area contributed by atoms with Gasteiger partial charge in [-0.25, -0.2) is 0 Å². The number of carbonyl (C=O) groups is 2. The van der Waals surface area contributed by atoms with Crippen molar-refractivity contribution in [1.29, 1.82) is 0 Å². The molecule has 1 N–H and O–H groups in total. The number of rotatable bonds is 6. The molecule has 0 aliphatic carbocycles. The standard InChI is InChI=1S/C22H25BrN2O3/c1-16-4-2-3-5-20(16)28-15-12-24-21(26)17-10-13-25(14-11-17)22(27)18-6-8-19(23)9-7-18/h2-9,17H,10-15H2,1H3,(H,24,26). The molecule has 0 unspecified atom stereocenters. The molecule has 2 aromatic rings. The van der Waals surface area contributed by atoms with E-state index in [4.69, 9.17) is 4.74 Å². The van der Waals surface area contributed by atoms with Gasteiger partial charge in [-0.3, -0.25) is 9.59 Å². The summed E-state index contributed by atoms with van der Waals surface area (Å²) in [5.74, 6) is 0.867. The number of ether oxygens (including phenoxy) is 1. The molecule has 3 rings (SSSR count). The average Bonchev–Trinajstić information content (AvgIpc) is 2.72. The van der Waals surface area contributed by atoms with Crippen molar-refractivity contribution in [2.24, 2.45) is 5.92 Å². The lowest BCUT2D eigenvalue weighted by molar-refractivity contribution is -0.126. The molecule has 0 atom stereocenters.